The molecule has 0 aliphatic heterocycles. The zero-order valence-electron chi connectivity index (χ0n) is 15.4. The Morgan fingerprint density at radius 3 is 1.59 bits per heavy atom. The van der Waals surface area contributed by atoms with Gasteiger partial charge in [-0.2, -0.15) is 0 Å². The van der Waals surface area contributed by atoms with Gasteiger partial charge in [0.1, 0.15) is 0 Å². The Morgan fingerprint density at radius 2 is 1.18 bits per heavy atom. The maximum atomic E-state index is 10.3. The van der Waals surface area contributed by atoms with Gasteiger partial charge in [0.25, 0.3) is 0 Å². The predicted octanol–water partition coefficient (Wildman–Crippen LogP) is 0.763. The number of carbonyl (C=O) groups excluding carboxylic acids is 1. The molecule has 0 aromatic carbocycles. The van der Waals surface area contributed by atoms with Crippen LogP contribution in [0, 0.1) is 0 Å². The summed E-state index contributed by atoms with van der Waals surface area (Å²) in [5.41, 5.74) is 0. The van der Waals surface area contributed by atoms with Crippen LogP contribution in [0.1, 0.15) is 90.4 Å². The molecule has 0 N–H and O–H groups in total. The van der Waals surface area contributed by atoms with E-state index in [1.165, 1.54) is 77.0 Å². The molecule has 0 aliphatic rings. The van der Waals surface area contributed by atoms with Gasteiger partial charge in [-0.3, -0.25) is 0 Å². The predicted molar refractivity (Wildman–Crippen MR) is 88.2 cm³/mol. The van der Waals surface area contributed by atoms with E-state index in [9.17, 15) is 9.90 Å². The number of nitrogens with zero attached hydrogens (tertiary/aromatic N) is 1. The number of carbonyl (C=O) groups is 1. The molecule has 0 aromatic heterocycles. The zero-order chi connectivity index (χ0) is 15.8. The van der Waals surface area contributed by atoms with Crippen LogP contribution in [0.2, 0.25) is 0 Å². The van der Waals surface area contributed by atoms with Crippen LogP contribution in [0.15, 0.2) is 0 Å². The van der Waals surface area contributed by atoms with Crippen LogP contribution in [-0.2, 0) is 4.79 Å². The molecule has 0 heterocycles. The summed E-state index contributed by atoms with van der Waals surface area (Å²) in [4.78, 5) is 12.4. The first-order chi connectivity index (χ1) is 10.2. The van der Waals surface area contributed by atoms with Crippen LogP contribution < -0.4 is 34.7 Å². The van der Waals surface area contributed by atoms with Crippen molar-refractivity contribution in [2.45, 2.75) is 90.4 Å². The van der Waals surface area contributed by atoms with Crippen molar-refractivity contribution in [3.8, 4) is 0 Å². The average Bonchev–Trinajstić information content (AvgIpc) is 2.46. The van der Waals surface area contributed by atoms with Crippen molar-refractivity contribution >= 4 is 5.97 Å². The fraction of sp³-hybridized carbons (Fsp3) is 0.944. The Bertz CT molecular complexity index is 237. The minimum absolute atomic E-state index is 0. The SMILES string of the molecule is CCCCCCCCCCCCCCN(C)CCC(=O)[O-].[Na+]. The fourth-order valence-corrected chi connectivity index (χ4v) is 2.62. The molecule has 0 rings (SSSR count). The van der Waals surface area contributed by atoms with Gasteiger partial charge in [0, 0.05) is 12.5 Å². The van der Waals surface area contributed by atoms with Gasteiger partial charge in [-0.15, -0.1) is 0 Å². The second-order valence-corrected chi connectivity index (χ2v) is 6.31. The molecule has 126 valence electrons. The monoisotopic (exact) mass is 321 g/mol. The first kappa shape index (κ1) is 24.7. The Labute approximate surface area is 160 Å². The number of rotatable bonds is 16. The fourth-order valence-electron chi connectivity index (χ4n) is 2.62. The molecular weight excluding hydrogens is 285 g/mol. The number of hydrogen-bond acceptors (Lipinski definition) is 3. The maximum Gasteiger partial charge on any atom is 1.00 e. The first-order valence-electron chi connectivity index (χ1n) is 9.05. The Kier molecular flexibility index (Phi) is 21.8. The van der Waals surface area contributed by atoms with Gasteiger partial charge in [-0.1, -0.05) is 77.6 Å². The molecule has 0 amide bonds. The third kappa shape index (κ3) is 20.4. The summed E-state index contributed by atoms with van der Waals surface area (Å²) in [6, 6.07) is 0. The van der Waals surface area contributed by atoms with E-state index in [2.05, 4.69) is 11.8 Å². The van der Waals surface area contributed by atoms with Crippen LogP contribution in [-0.4, -0.2) is 31.0 Å². The quantitative estimate of drug-likeness (QED) is 0.311. The summed E-state index contributed by atoms with van der Waals surface area (Å²) in [5.74, 6) is -0.948. The standard InChI is InChI=1S/C18H37NO2.Na/c1-3-4-5-6-7-8-9-10-11-12-13-14-16-19(2)17-15-18(20)21;/h3-17H2,1-2H3,(H,20,21);/q;+1/p-1. The third-order valence-corrected chi connectivity index (χ3v) is 4.09. The topological polar surface area (TPSA) is 43.4 Å². The Balaban J connectivity index is 0. The van der Waals surface area contributed by atoms with E-state index < -0.39 is 5.97 Å². The van der Waals surface area contributed by atoms with Gasteiger partial charge in [0.05, 0.1) is 0 Å². The van der Waals surface area contributed by atoms with E-state index >= 15 is 0 Å². The number of hydrogen-bond donors (Lipinski definition) is 0. The van der Waals surface area contributed by atoms with Crippen LogP contribution in [0.3, 0.4) is 0 Å². The summed E-state index contributed by atoms with van der Waals surface area (Å²) in [7, 11) is 1.99. The molecule has 0 fully saturated rings. The maximum absolute atomic E-state index is 10.3. The molecule has 0 radical (unpaired) electrons. The van der Waals surface area contributed by atoms with Crippen LogP contribution in [0.5, 0.6) is 0 Å². The summed E-state index contributed by atoms with van der Waals surface area (Å²) in [6.07, 6.45) is 16.5. The third-order valence-electron chi connectivity index (χ3n) is 4.09. The number of aliphatic carboxylic acids is 1. The van der Waals surface area contributed by atoms with E-state index in [1.807, 2.05) is 7.05 Å². The molecule has 0 aliphatic carbocycles. The largest absolute Gasteiger partial charge is 1.00 e. The molecule has 0 saturated heterocycles. The summed E-state index contributed by atoms with van der Waals surface area (Å²) >= 11 is 0. The van der Waals surface area contributed by atoms with Crippen molar-refractivity contribution < 1.29 is 39.5 Å². The average molecular weight is 321 g/mol. The smallest absolute Gasteiger partial charge is 0.550 e. The number of carboxylic acids is 1. The van der Waals surface area contributed by atoms with Gasteiger partial charge in [0.2, 0.25) is 0 Å². The van der Waals surface area contributed by atoms with Gasteiger partial charge in [-0.05, 0) is 26.4 Å². The molecule has 0 spiro atoms. The van der Waals surface area contributed by atoms with E-state index in [0.29, 0.717) is 6.54 Å². The van der Waals surface area contributed by atoms with E-state index in [-0.39, 0.29) is 36.0 Å². The summed E-state index contributed by atoms with van der Waals surface area (Å²) in [5, 5.41) is 10.3. The van der Waals surface area contributed by atoms with Crippen LogP contribution in [0.25, 0.3) is 0 Å². The van der Waals surface area contributed by atoms with Crippen molar-refractivity contribution in [3.05, 3.63) is 0 Å². The number of unbranched alkanes of at least 4 members (excludes halogenated alkanes) is 11. The molecule has 3 nitrogen and oxygen atoms in total. The molecular formula is C18H36NNaO2. The van der Waals surface area contributed by atoms with Gasteiger partial charge >= 0.3 is 29.6 Å². The molecule has 0 unspecified atom stereocenters. The molecule has 22 heavy (non-hydrogen) atoms. The van der Waals surface area contributed by atoms with Crippen molar-refractivity contribution in [3.63, 3.8) is 0 Å². The van der Waals surface area contributed by atoms with E-state index in [0.717, 1.165) is 6.54 Å². The second-order valence-electron chi connectivity index (χ2n) is 6.31. The van der Waals surface area contributed by atoms with Crippen LogP contribution in [0.4, 0.5) is 0 Å². The Hall–Kier alpha value is 0.430. The normalized spacial score (nSPS) is 10.7. The van der Waals surface area contributed by atoms with Gasteiger partial charge in [0.15, 0.2) is 0 Å². The summed E-state index contributed by atoms with van der Waals surface area (Å²) in [6.45, 7) is 3.88. The van der Waals surface area contributed by atoms with Crippen molar-refractivity contribution in [2.24, 2.45) is 0 Å². The Morgan fingerprint density at radius 1 is 0.773 bits per heavy atom. The molecule has 0 bridgehead atoms. The second kappa shape index (κ2) is 19.5. The van der Waals surface area contributed by atoms with Crippen LogP contribution >= 0.6 is 0 Å². The van der Waals surface area contributed by atoms with Crippen molar-refractivity contribution in [1.82, 2.24) is 4.90 Å². The zero-order valence-corrected chi connectivity index (χ0v) is 17.4. The van der Waals surface area contributed by atoms with Crippen molar-refractivity contribution in [2.75, 3.05) is 20.1 Å². The van der Waals surface area contributed by atoms with Gasteiger partial charge < -0.3 is 14.8 Å². The summed E-state index contributed by atoms with van der Waals surface area (Å²) < 4.78 is 0. The first-order valence-corrected chi connectivity index (χ1v) is 9.05. The van der Waals surface area contributed by atoms with E-state index in [4.69, 9.17) is 0 Å². The molecule has 0 atom stereocenters. The molecule has 4 heteroatoms. The minimum Gasteiger partial charge on any atom is -0.550 e. The molecule has 0 aromatic rings. The van der Waals surface area contributed by atoms with Crippen molar-refractivity contribution in [1.29, 1.82) is 0 Å². The van der Waals surface area contributed by atoms with Gasteiger partial charge in [-0.25, -0.2) is 0 Å². The van der Waals surface area contributed by atoms with E-state index in [1.54, 1.807) is 0 Å². The number of carboxylic acid groups (broad SMARTS) is 1. The minimum atomic E-state index is -0.948. The molecule has 0 saturated carbocycles.